The van der Waals surface area contributed by atoms with E-state index in [1.807, 2.05) is 0 Å². The highest BCUT2D eigenvalue weighted by Crippen LogP contribution is 2.22. The van der Waals surface area contributed by atoms with Crippen LogP contribution >= 0.6 is 0 Å². The van der Waals surface area contributed by atoms with Gasteiger partial charge in [-0.1, -0.05) is 26.7 Å². The Balaban J connectivity index is 2.35. The number of likely N-dealkylation sites (tertiary alicyclic amines) is 1. The van der Waals surface area contributed by atoms with Crippen molar-refractivity contribution in [1.29, 1.82) is 0 Å². The minimum Gasteiger partial charge on any atom is -0.330 e. The first-order valence-corrected chi connectivity index (χ1v) is 6.49. The molecule has 2 N–H and O–H groups in total. The fourth-order valence-corrected chi connectivity index (χ4v) is 2.21. The summed E-state index contributed by atoms with van der Waals surface area (Å²) in [6.45, 7) is 10.2. The van der Waals surface area contributed by atoms with Gasteiger partial charge >= 0.3 is 0 Å². The number of rotatable bonds is 4. The molecule has 1 rings (SSSR count). The number of nitrogens with two attached hydrogens (primary N) is 1. The van der Waals surface area contributed by atoms with Crippen LogP contribution in [0.5, 0.6) is 0 Å². The van der Waals surface area contributed by atoms with Gasteiger partial charge < -0.3 is 10.6 Å². The summed E-state index contributed by atoms with van der Waals surface area (Å²) in [5.41, 5.74) is 6.08. The second-order valence-corrected chi connectivity index (χ2v) is 5.85. The summed E-state index contributed by atoms with van der Waals surface area (Å²) in [7, 11) is 0. The molecule has 0 aromatic heterocycles. The molecule has 90 valence electrons. The highest BCUT2D eigenvalue weighted by molar-refractivity contribution is 4.76. The van der Waals surface area contributed by atoms with E-state index >= 15 is 0 Å². The van der Waals surface area contributed by atoms with Gasteiger partial charge in [0.15, 0.2) is 0 Å². The number of hydrogen-bond acceptors (Lipinski definition) is 2. The van der Waals surface area contributed by atoms with Crippen LogP contribution < -0.4 is 5.73 Å². The van der Waals surface area contributed by atoms with Gasteiger partial charge in [-0.25, -0.2) is 0 Å². The third-order valence-electron chi connectivity index (χ3n) is 3.82. The summed E-state index contributed by atoms with van der Waals surface area (Å²) in [5.74, 6) is 0. The highest BCUT2D eigenvalue weighted by atomic mass is 15.1. The second kappa shape index (κ2) is 5.86. The van der Waals surface area contributed by atoms with Gasteiger partial charge in [0.25, 0.3) is 0 Å². The molecule has 1 saturated heterocycles. The molecule has 1 heterocycles. The van der Waals surface area contributed by atoms with Gasteiger partial charge in [0, 0.05) is 6.04 Å². The molecule has 0 aromatic carbocycles. The van der Waals surface area contributed by atoms with Crippen LogP contribution in [0, 0.1) is 5.41 Å². The van der Waals surface area contributed by atoms with E-state index in [0.717, 1.165) is 12.6 Å². The fourth-order valence-electron chi connectivity index (χ4n) is 2.21. The summed E-state index contributed by atoms with van der Waals surface area (Å²) < 4.78 is 0. The maximum absolute atomic E-state index is 5.77. The van der Waals surface area contributed by atoms with Crippen molar-refractivity contribution in [2.75, 3.05) is 19.6 Å². The summed E-state index contributed by atoms with van der Waals surface area (Å²) >= 11 is 0. The average molecular weight is 212 g/mol. The lowest BCUT2D eigenvalue weighted by Gasteiger charge is -2.31. The molecule has 1 unspecified atom stereocenters. The smallest absolute Gasteiger partial charge is 0.00669 e. The quantitative estimate of drug-likeness (QED) is 0.776. The van der Waals surface area contributed by atoms with Gasteiger partial charge in [0.05, 0.1) is 0 Å². The van der Waals surface area contributed by atoms with E-state index < -0.39 is 0 Å². The van der Waals surface area contributed by atoms with Crippen molar-refractivity contribution in [2.24, 2.45) is 11.1 Å². The molecule has 0 radical (unpaired) electrons. The van der Waals surface area contributed by atoms with Crippen LogP contribution in [0.25, 0.3) is 0 Å². The van der Waals surface area contributed by atoms with Gasteiger partial charge in [0.1, 0.15) is 0 Å². The molecule has 15 heavy (non-hydrogen) atoms. The van der Waals surface area contributed by atoms with Crippen molar-refractivity contribution in [1.82, 2.24) is 4.90 Å². The van der Waals surface area contributed by atoms with Gasteiger partial charge in [-0.05, 0) is 51.2 Å². The van der Waals surface area contributed by atoms with Crippen molar-refractivity contribution in [3.05, 3.63) is 0 Å². The predicted molar refractivity (Wildman–Crippen MR) is 67.0 cm³/mol. The minimum atomic E-state index is 0.312. The van der Waals surface area contributed by atoms with Crippen LogP contribution in [-0.4, -0.2) is 30.6 Å². The third-order valence-corrected chi connectivity index (χ3v) is 3.82. The standard InChI is InChI=1S/C13H28N2/c1-12-7-5-4-6-9-15(12)10-8-13(2,3)11-14/h12H,4-11,14H2,1-3H3. The predicted octanol–water partition coefficient (Wildman–Crippen LogP) is 2.63. The lowest BCUT2D eigenvalue weighted by Crippen LogP contribution is -2.37. The van der Waals surface area contributed by atoms with Crippen LogP contribution in [0.2, 0.25) is 0 Å². The molecule has 2 nitrogen and oxygen atoms in total. The monoisotopic (exact) mass is 212 g/mol. The number of hydrogen-bond donors (Lipinski definition) is 1. The van der Waals surface area contributed by atoms with E-state index in [1.54, 1.807) is 0 Å². The molecule has 0 amide bonds. The van der Waals surface area contributed by atoms with Crippen LogP contribution in [0.3, 0.4) is 0 Å². The van der Waals surface area contributed by atoms with Gasteiger partial charge in [-0.2, -0.15) is 0 Å². The van der Waals surface area contributed by atoms with Crippen molar-refractivity contribution in [3.63, 3.8) is 0 Å². The maximum Gasteiger partial charge on any atom is 0.00669 e. The first-order chi connectivity index (χ1) is 7.05. The van der Waals surface area contributed by atoms with E-state index in [4.69, 9.17) is 5.73 Å². The van der Waals surface area contributed by atoms with E-state index in [0.29, 0.717) is 5.41 Å². The van der Waals surface area contributed by atoms with Gasteiger partial charge in [-0.15, -0.1) is 0 Å². The minimum absolute atomic E-state index is 0.312. The number of nitrogens with zero attached hydrogens (tertiary/aromatic N) is 1. The Labute approximate surface area is 95.2 Å². The SMILES string of the molecule is CC1CCCCCN1CCC(C)(C)CN. The molecule has 0 aliphatic carbocycles. The Morgan fingerprint density at radius 1 is 1.27 bits per heavy atom. The first-order valence-electron chi connectivity index (χ1n) is 6.49. The Morgan fingerprint density at radius 3 is 2.67 bits per heavy atom. The van der Waals surface area contributed by atoms with Crippen LogP contribution in [0.1, 0.15) is 52.9 Å². The largest absolute Gasteiger partial charge is 0.330 e. The normalized spacial score (nSPS) is 25.2. The maximum atomic E-state index is 5.77. The first kappa shape index (κ1) is 13.0. The second-order valence-electron chi connectivity index (χ2n) is 5.85. The molecule has 1 atom stereocenters. The Hall–Kier alpha value is -0.0800. The van der Waals surface area contributed by atoms with E-state index in [1.165, 1.54) is 45.2 Å². The summed E-state index contributed by atoms with van der Waals surface area (Å²) in [6, 6.07) is 0.779. The van der Waals surface area contributed by atoms with E-state index in [9.17, 15) is 0 Å². The molecule has 2 heteroatoms. The highest BCUT2D eigenvalue weighted by Gasteiger charge is 2.21. The van der Waals surface area contributed by atoms with Crippen LogP contribution in [-0.2, 0) is 0 Å². The lowest BCUT2D eigenvalue weighted by atomic mass is 9.89. The van der Waals surface area contributed by atoms with Gasteiger partial charge in [-0.3, -0.25) is 0 Å². The Kier molecular flexibility index (Phi) is 5.07. The molecule has 0 bridgehead atoms. The zero-order valence-electron chi connectivity index (χ0n) is 10.8. The molecule has 0 saturated carbocycles. The van der Waals surface area contributed by atoms with E-state index in [2.05, 4.69) is 25.7 Å². The Morgan fingerprint density at radius 2 is 2.00 bits per heavy atom. The third kappa shape index (κ3) is 4.52. The summed E-state index contributed by atoms with van der Waals surface area (Å²) in [4.78, 5) is 2.66. The fraction of sp³-hybridized carbons (Fsp3) is 1.00. The average Bonchev–Trinajstić information content (AvgIpc) is 2.40. The molecule has 1 aliphatic heterocycles. The van der Waals surface area contributed by atoms with E-state index in [-0.39, 0.29) is 0 Å². The van der Waals surface area contributed by atoms with Crippen LogP contribution in [0.15, 0.2) is 0 Å². The zero-order chi connectivity index (χ0) is 11.3. The molecular weight excluding hydrogens is 184 g/mol. The van der Waals surface area contributed by atoms with Crippen LogP contribution in [0.4, 0.5) is 0 Å². The molecule has 0 aromatic rings. The van der Waals surface area contributed by atoms with Crippen molar-refractivity contribution >= 4 is 0 Å². The summed E-state index contributed by atoms with van der Waals surface area (Å²) in [5, 5.41) is 0. The van der Waals surface area contributed by atoms with Crippen molar-refractivity contribution < 1.29 is 0 Å². The molecular formula is C13H28N2. The molecule has 0 spiro atoms. The van der Waals surface area contributed by atoms with Crippen molar-refractivity contribution in [2.45, 2.75) is 58.9 Å². The Bertz CT molecular complexity index is 177. The van der Waals surface area contributed by atoms with Gasteiger partial charge in [0.2, 0.25) is 0 Å². The molecule has 1 fully saturated rings. The molecule has 1 aliphatic rings. The topological polar surface area (TPSA) is 29.3 Å². The van der Waals surface area contributed by atoms with Crippen molar-refractivity contribution in [3.8, 4) is 0 Å². The summed E-state index contributed by atoms with van der Waals surface area (Å²) in [6.07, 6.45) is 6.82. The lowest BCUT2D eigenvalue weighted by molar-refractivity contribution is 0.179. The zero-order valence-corrected chi connectivity index (χ0v) is 10.8.